The molecule has 0 spiro atoms. The minimum absolute atomic E-state index is 0.316. The summed E-state index contributed by atoms with van der Waals surface area (Å²) in [5.41, 5.74) is 7.60. The van der Waals surface area contributed by atoms with Crippen LogP contribution in [-0.4, -0.2) is 15.1 Å². The molecule has 5 nitrogen and oxygen atoms in total. The van der Waals surface area contributed by atoms with Crippen molar-refractivity contribution in [3.05, 3.63) is 44.4 Å². The van der Waals surface area contributed by atoms with Gasteiger partial charge in [-0.15, -0.1) is 0 Å². The van der Waals surface area contributed by atoms with Gasteiger partial charge in [0.25, 0.3) is 5.89 Å². The molecular weight excluding hydrogens is 423 g/mol. The summed E-state index contributed by atoms with van der Waals surface area (Å²) in [6, 6.07) is 6.94. The van der Waals surface area contributed by atoms with Gasteiger partial charge in [0.15, 0.2) is 0 Å². The molecule has 0 saturated heterocycles. The third kappa shape index (κ3) is 2.95. The number of pyridine rings is 1. The number of aromatic nitrogens is 3. The molecule has 0 aliphatic carbocycles. The molecule has 0 atom stereocenters. The lowest BCUT2D eigenvalue weighted by molar-refractivity contribution is 0.432. The van der Waals surface area contributed by atoms with E-state index in [2.05, 4.69) is 47.0 Å². The van der Waals surface area contributed by atoms with E-state index in [1.165, 1.54) is 0 Å². The van der Waals surface area contributed by atoms with Gasteiger partial charge in [0.1, 0.15) is 5.69 Å². The molecular formula is C13H7Br2ClN4O. The molecule has 3 rings (SSSR count). The van der Waals surface area contributed by atoms with Gasteiger partial charge >= 0.3 is 0 Å². The van der Waals surface area contributed by atoms with Gasteiger partial charge in [-0.3, -0.25) is 4.98 Å². The van der Waals surface area contributed by atoms with E-state index in [0.717, 1.165) is 8.95 Å². The molecule has 0 aliphatic rings. The highest BCUT2D eigenvalue weighted by molar-refractivity contribution is 9.11. The Bertz CT molecular complexity index is 756. The number of hydrogen-bond acceptors (Lipinski definition) is 5. The predicted molar refractivity (Wildman–Crippen MR) is 87.8 cm³/mol. The average molecular weight is 430 g/mol. The van der Waals surface area contributed by atoms with E-state index in [1.807, 2.05) is 6.07 Å². The largest absolute Gasteiger partial charge is 0.398 e. The van der Waals surface area contributed by atoms with Crippen molar-refractivity contribution in [2.24, 2.45) is 0 Å². The number of benzene rings is 1. The minimum Gasteiger partial charge on any atom is -0.398 e. The number of nitrogens with two attached hydrogens (primary N) is 1. The fraction of sp³-hybridized carbons (Fsp3) is 0. The number of hydrogen-bond donors (Lipinski definition) is 1. The van der Waals surface area contributed by atoms with Gasteiger partial charge in [-0.2, -0.15) is 4.98 Å². The van der Waals surface area contributed by atoms with Crippen molar-refractivity contribution >= 4 is 49.1 Å². The predicted octanol–water partition coefficient (Wildman–Crippen LogP) is 4.56. The summed E-state index contributed by atoms with van der Waals surface area (Å²) >= 11 is 12.6. The molecule has 0 amide bonds. The van der Waals surface area contributed by atoms with Crippen LogP contribution < -0.4 is 5.73 Å². The van der Waals surface area contributed by atoms with Gasteiger partial charge in [0.05, 0.1) is 5.56 Å². The summed E-state index contributed by atoms with van der Waals surface area (Å²) in [7, 11) is 0. The zero-order valence-corrected chi connectivity index (χ0v) is 14.3. The summed E-state index contributed by atoms with van der Waals surface area (Å²) in [6.07, 6.45) is 1.66. The SMILES string of the molecule is Nc1cc(Cl)ccc1-c1nc(-c2ncc(Br)cc2Br)no1. The first kappa shape index (κ1) is 14.5. The standard InChI is InChI=1S/C13H7Br2ClN4O/c14-6-3-9(15)11(18-5-6)12-19-13(21-20-12)8-2-1-7(16)4-10(8)17/h1-5H,17H2. The Hall–Kier alpha value is -1.44. The van der Waals surface area contributed by atoms with Crippen molar-refractivity contribution < 1.29 is 4.52 Å². The third-order valence-corrected chi connectivity index (χ3v) is 3.96. The monoisotopic (exact) mass is 428 g/mol. The normalized spacial score (nSPS) is 10.8. The number of nitrogen functional groups attached to an aromatic ring is 1. The van der Waals surface area contributed by atoms with Gasteiger partial charge < -0.3 is 10.3 Å². The van der Waals surface area contributed by atoms with Crippen LogP contribution in [0.2, 0.25) is 5.02 Å². The molecule has 2 N–H and O–H groups in total. The van der Waals surface area contributed by atoms with Crippen molar-refractivity contribution in [2.45, 2.75) is 0 Å². The molecule has 2 heterocycles. The van der Waals surface area contributed by atoms with Crippen LogP contribution in [0.15, 0.2) is 43.9 Å². The van der Waals surface area contributed by atoms with E-state index < -0.39 is 0 Å². The van der Waals surface area contributed by atoms with Gasteiger partial charge in [-0.05, 0) is 56.1 Å². The van der Waals surface area contributed by atoms with Gasteiger partial charge in [0, 0.05) is 25.9 Å². The average Bonchev–Trinajstić information content (AvgIpc) is 2.87. The number of anilines is 1. The van der Waals surface area contributed by atoms with Crippen LogP contribution in [0.3, 0.4) is 0 Å². The Morgan fingerprint density at radius 2 is 2.00 bits per heavy atom. The van der Waals surface area contributed by atoms with Gasteiger partial charge in [0.2, 0.25) is 5.82 Å². The van der Waals surface area contributed by atoms with Crippen LogP contribution in [-0.2, 0) is 0 Å². The van der Waals surface area contributed by atoms with E-state index in [4.69, 9.17) is 21.9 Å². The Morgan fingerprint density at radius 3 is 2.71 bits per heavy atom. The molecule has 3 aromatic rings. The summed E-state index contributed by atoms with van der Waals surface area (Å²) in [5, 5.41) is 4.48. The highest BCUT2D eigenvalue weighted by Gasteiger charge is 2.16. The molecule has 0 unspecified atom stereocenters. The molecule has 2 aromatic heterocycles. The lowest BCUT2D eigenvalue weighted by atomic mass is 10.2. The van der Waals surface area contributed by atoms with E-state index >= 15 is 0 Å². The second-order valence-electron chi connectivity index (χ2n) is 4.14. The van der Waals surface area contributed by atoms with Crippen molar-refractivity contribution in [1.82, 2.24) is 15.1 Å². The molecule has 21 heavy (non-hydrogen) atoms. The lowest BCUT2D eigenvalue weighted by Crippen LogP contribution is -1.91. The second-order valence-corrected chi connectivity index (χ2v) is 6.35. The molecule has 8 heteroatoms. The maximum atomic E-state index is 5.91. The van der Waals surface area contributed by atoms with Crippen LogP contribution in [0.5, 0.6) is 0 Å². The molecule has 1 aromatic carbocycles. The molecule has 0 fully saturated rings. The van der Waals surface area contributed by atoms with Crippen LogP contribution in [0.4, 0.5) is 5.69 Å². The smallest absolute Gasteiger partial charge is 0.260 e. The molecule has 106 valence electrons. The molecule has 0 radical (unpaired) electrons. The Kier molecular flexibility index (Phi) is 3.97. The maximum Gasteiger partial charge on any atom is 0.260 e. The minimum atomic E-state index is 0.316. The zero-order chi connectivity index (χ0) is 15.0. The number of halogens is 3. The Labute approximate surface area is 141 Å². The fourth-order valence-electron chi connectivity index (χ4n) is 1.74. The first-order valence-electron chi connectivity index (χ1n) is 5.75. The van der Waals surface area contributed by atoms with Crippen LogP contribution in [0.1, 0.15) is 0 Å². The van der Waals surface area contributed by atoms with Crippen LogP contribution >= 0.6 is 43.5 Å². The molecule has 0 aliphatic heterocycles. The first-order valence-corrected chi connectivity index (χ1v) is 7.71. The van der Waals surface area contributed by atoms with E-state index in [-0.39, 0.29) is 0 Å². The summed E-state index contributed by atoms with van der Waals surface area (Å²) in [4.78, 5) is 8.58. The Morgan fingerprint density at radius 1 is 1.19 bits per heavy atom. The zero-order valence-electron chi connectivity index (χ0n) is 10.3. The van der Waals surface area contributed by atoms with Crippen LogP contribution in [0.25, 0.3) is 23.0 Å². The summed E-state index contributed by atoms with van der Waals surface area (Å²) in [6.45, 7) is 0. The molecule has 0 saturated carbocycles. The van der Waals surface area contributed by atoms with E-state index in [0.29, 0.717) is 33.7 Å². The van der Waals surface area contributed by atoms with Crippen LogP contribution in [0, 0.1) is 0 Å². The number of nitrogens with zero attached hydrogens (tertiary/aromatic N) is 3. The first-order chi connectivity index (χ1) is 10.0. The van der Waals surface area contributed by atoms with Crippen molar-refractivity contribution in [2.75, 3.05) is 5.73 Å². The molecule has 0 bridgehead atoms. The van der Waals surface area contributed by atoms with Crippen molar-refractivity contribution in [3.63, 3.8) is 0 Å². The Balaban J connectivity index is 2.03. The highest BCUT2D eigenvalue weighted by atomic mass is 79.9. The van der Waals surface area contributed by atoms with Crippen molar-refractivity contribution in [1.29, 1.82) is 0 Å². The van der Waals surface area contributed by atoms with Gasteiger partial charge in [-0.25, -0.2) is 0 Å². The third-order valence-electron chi connectivity index (χ3n) is 2.69. The topological polar surface area (TPSA) is 77.8 Å². The van der Waals surface area contributed by atoms with E-state index in [9.17, 15) is 0 Å². The number of rotatable bonds is 2. The quantitative estimate of drug-likeness (QED) is 0.603. The van der Waals surface area contributed by atoms with Gasteiger partial charge in [-0.1, -0.05) is 16.8 Å². The maximum absolute atomic E-state index is 5.91. The lowest BCUT2D eigenvalue weighted by Gasteiger charge is -2.00. The van der Waals surface area contributed by atoms with Crippen molar-refractivity contribution in [3.8, 4) is 23.0 Å². The fourth-order valence-corrected chi connectivity index (χ4v) is 3.08. The summed E-state index contributed by atoms with van der Waals surface area (Å²) in [5.74, 6) is 0.689. The highest BCUT2D eigenvalue weighted by Crippen LogP contribution is 2.31. The second kappa shape index (κ2) is 5.75. The summed E-state index contributed by atoms with van der Waals surface area (Å²) < 4.78 is 6.86. The van der Waals surface area contributed by atoms with E-state index in [1.54, 1.807) is 24.4 Å².